The lowest BCUT2D eigenvalue weighted by atomic mass is 9.97. The van der Waals surface area contributed by atoms with E-state index >= 15 is 0 Å². The molecule has 1 aliphatic rings. The Bertz CT molecular complexity index is 569. The number of halogens is 1. The molecule has 1 fully saturated rings. The Balaban J connectivity index is 2.03. The van der Waals surface area contributed by atoms with Crippen LogP contribution in [0.2, 0.25) is 5.02 Å². The number of carbonyl (C=O) groups excluding carboxylic acids is 2. The lowest BCUT2D eigenvalue weighted by Crippen LogP contribution is -2.30. The first-order valence-corrected chi connectivity index (χ1v) is 7.91. The maximum atomic E-state index is 12.1. The quantitative estimate of drug-likeness (QED) is 0.777. The van der Waals surface area contributed by atoms with Crippen molar-refractivity contribution in [3.05, 3.63) is 23.2 Å². The normalized spacial score (nSPS) is 16.3. The van der Waals surface area contributed by atoms with E-state index in [-0.39, 0.29) is 18.2 Å². The van der Waals surface area contributed by atoms with Gasteiger partial charge in [-0.3, -0.25) is 9.59 Å². The van der Waals surface area contributed by atoms with Gasteiger partial charge in [0.2, 0.25) is 11.8 Å². The molecule has 0 saturated heterocycles. The molecule has 0 spiro atoms. The molecule has 0 aliphatic heterocycles. The fourth-order valence-corrected chi connectivity index (χ4v) is 2.82. The molecular formula is C16H21ClN2O3. The van der Waals surface area contributed by atoms with Gasteiger partial charge in [-0.05, 0) is 31.0 Å². The topological polar surface area (TPSA) is 78.4 Å². The summed E-state index contributed by atoms with van der Waals surface area (Å²) < 4.78 is 0. The Hall–Kier alpha value is -1.59. The van der Waals surface area contributed by atoms with Crippen molar-refractivity contribution in [1.82, 2.24) is 0 Å². The highest BCUT2D eigenvalue weighted by atomic mass is 35.5. The van der Waals surface area contributed by atoms with E-state index in [0.717, 1.165) is 12.8 Å². The third kappa shape index (κ3) is 4.45. The summed E-state index contributed by atoms with van der Waals surface area (Å²) >= 11 is 6.07. The molecule has 1 aliphatic carbocycles. The van der Waals surface area contributed by atoms with E-state index in [1.54, 1.807) is 25.1 Å². The number of amides is 2. The largest absolute Gasteiger partial charge is 0.389 e. The molecule has 2 amide bonds. The summed E-state index contributed by atoms with van der Waals surface area (Å²) in [6.45, 7) is 1.76. The van der Waals surface area contributed by atoms with E-state index in [1.807, 2.05) is 0 Å². The first-order chi connectivity index (χ1) is 10.4. The van der Waals surface area contributed by atoms with E-state index in [4.69, 9.17) is 11.6 Å². The van der Waals surface area contributed by atoms with Crippen LogP contribution in [0, 0.1) is 0 Å². The highest BCUT2D eigenvalue weighted by Crippen LogP contribution is 2.33. The van der Waals surface area contributed by atoms with Gasteiger partial charge in [-0.15, -0.1) is 0 Å². The molecule has 0 atom stereocenters. The lowest BCUT2D eigenvalue weighted by molar-refractivity contribution is -0.121. The minimum Gasteiger partial charge on any atom is -0.389 e. The van der Waals surface area contributed by atoms with Crippen LogP contribution in [0.4, 0.5) is 11.4 Å². The molecule has 2 rings (SSSR count). The second-order valence-corrected chi connectivity index (χ2v) is 6.16. The van der Waals surface area contributed by atoms with Crippen molar-refractivity contribution in [2.75, 3.05) is 10.6 Å². The Labute approximate surface area is 135 Å². The van der Waals surface area contributed by atoms with Gasteiger partial charge in [0, 0.05) is 12.1 Å². The third-order valence-electron chi connectivity index (χ3n) is 3.87. The third-order valence-corrected chi connectivity index (χ3v) is 4.20. The molecule has 1 aromatic rings. The smallest absolute Gasteiger partial charge is 0.227 e. The number of carbonyl (C=O) groups is 2. The zero-order valence-corrected chi connectivity index (χ0v) is 13.4. The number of hydrogen-bond donors (Lipinski definition) is 3. The molecule has 0 unspecified atom stereocenters. The minimum atomic E-state index is -0.898. The van der Waals surface area contributed by atoms with Crippen LogP contribution in [0.3, 0.4) is 0 Å². The van der Waals surface area contributed by atoms with Crippen molar-refractivity contribution in [3.8, 4) is 0 Å². The van der Waals surface area contributed by atoms with Crippen LogP contribution < -0.4 is 10.6 Å². The van der Waals surface area contributed by atoms with E-state index in [2.05, 4.69) is 10.6 Å². The van der Waals surface area contributed by atoms with Crippen molar-refractivity contribution in [1.29, 1.82) is 0 Å². The van der Waals surface area contributed by atoms with E-state index in [9.17, 15) is 14.7 Å². The highest BCUT2D eigenvalue weighted by Gasteiger charge is 2.33. The fraction of sp³-hybridized carbons (Fsp3) is 0.500. The van der Waals surface area contributed by atoms with Gasteiger partial charge in [-0.25, -0.2) is 0 Å². The molecule has 0 bridgehead atoms. The van der Waals surface area contributed by atoms with Crippen molar-refractivity contribution in [3.63, 3.8) is 0 Å². The zero-order chi connectivity index (χ0) is 16.2. The standard InChI is InChI=1S/C16H21ClN2O3/c1-2-14(20)18-11-5-6-12(17)13(9-11)19-15(21)10-16(22)7-3-4-8-16/h5-6,9,22H,2-4,7-8,10H2,1H3,(H,18,20)(H,19,21). The molecule has 5 nitrogen and oxygen atoms in total. The second kappa shape index (κ2) is 7.11. The maximum Gasteiger partial charge on any atom is 0.227 e. The van der Waals surface area contributed by atoms with Crippen molar-refractivity contribution < 1.29 is 14.7 Å². The predicted octanol–water partition coefficient (Wildman–Crippen LogP) is 3.32. The Morgan fingerprint density at radius 3 is 2.55 bits per heavy atom. The average molecular weight is 325 g/mol. The number of rotatable bonds is 5. The molecule has 1 saturated carbocycles. The number of benzene rings is 1. The number of anilines is 2. The van der Waals surface area contributed by atoms with Crippen LogP contribution in [0.25, 0.3) is 0 Å². The van der Waals surface area contributed by atoms with Gasteiger partial charge in [-0.1, -0.05) is 31.4 Å². The van der Waals surface area contributed by atoms with Crippen LogP contribution in [0.5, 0.6) is 0 Å². The first kappa shape index (κ1) is 16.8. The van der Waals surface area contributed by atoms with E-state index in [1.165, 1.54) is 0 Å². The predicted molar refractivity (Wildman–Crippen MR) is 87.0 cm³/mol. The van der Waals surface area contributed by atoms with Gasteiger partial charge in [0.15, 0.2) is 0 Å². The van der Waals surface area contributed by atoms with E-state index in [0.29, 0.717) is 35.7 Å². The SMILES string of the molecule is CCC(=O)Nc1ccc(Cl)c(NC(=O)CC2(O)CCCC2)c1. The zero-order valence-electron chi connectivity index (χ0n) is 12.6. The molecule has 3 N–H and O–H groups in total. The summed E-state index contributed by atoms with van der Waals surface area (Å²) in [5.74, 6) is -0.384. The molecule has 22 heavy (non-hydrogen) atoms. The summed E-state index contributed by atoms with van der Waals surface area (Å²) in [5, 5.41) is 16.1. The molecule has 6 heteroatoms. The van der Waals surface area contributed by atoms with Gasteiger partial charge >= 0.3 is 0 Å². The highest BCUT2D eigenvalue weighted by molar-refractivity contribution is 6.33. The van der Waals surface area contributed by atoms with Gasteiger partial charge in [0.25, 0.3) is 0 Å². The van der Waals surface area contributed by atoms with Crippen LogP contribution in [-0.2, 0) is 9.59 Å². The molecule has 120 valence electrons. The number of hydrogen-bond acceptors (Lipinski definition) is 3. The summed E-state index contributed by atoms with van der Waals surface area (Å²) in [4.78, 5) is 23.5. The van der Waals surface area contributed by atoms with Crippen molar-refractivity contribution in [2.24, 2.45) is 0 Å². The van der Waals surface area contributed by atoms with E-state index < -0.39 is 5.60 Å². The summed E-state index contributed by atoms with van der Waals surface area (Å²) in [6, 6.07) is 4.91. The van der Waals surface area contributed by atoms with Crippen molar-refractivity contribution >= 4 is 34.8 Å². The summed E-state index contributed by atoms with van der Waals surface area (Å²) in [5.41, 5.74) is 0.109. The minimum absolute atomic E-state index is 0.0644. The molecule has 1 aromatic carbocycles. The van der Waals surface area contributed by atoms with Crippen LogP contribution >= 0.6 is 11.6 Å². The Kier molecular flexibility index (Phi) is 5.42. The molecular weight excluding hydrogens is 304 g/mol. The maximum absolute atomic E-state index is 12.1. The summed E-state index contributed by atoms with van der Waals surface area (Å²) in [7, 11) is 0. The monoisotopic (exact) mass is 324 g/mol. The lowest BCUT2D eigenvalue weighted by Gasteiger charge is -2.21. The fourth-order valence-electron chi connectivity index (χ4n) is 2.65. The molecule has 0 radical (unpaired) electrons. The number of aliphatic hydroxyl groups is 1. The van der Waals surface area contributed by atoms with Crippen LogP contribution in [-0.4, -0.2) is 22.5 Å². The van der Waals surface area contributed by atoms with Crippen molar-refractivity contribution in [2.45, 2.75) is 51.0 Å². The van der Waals surface area contributed by atoms with Crippen LogP contribution in [0.1, 0.15) is 45.4 Å². The van der Waals surface area contributed by atoms with Crippen LogP contribution in [0.15, 0.2) is 18.2 Å². The molecule has 0 heterocycles. The van der Waals surface area contributed by atoms with Gasteiger partial charge in [-0.2, -0.15) is 0 Å². The summed E-state index contributed by atoms with van der Waals surface area (Å²) in [6.07, 6.45) is 3.64. The second-order valence-electron chi connectivity index (χ2n) is 5.75. The van der Waals surface area contributed by atoms with Gasteiger partial charge in [0.1, 0.15) is 0 Å². The Morgan fingerprint density at radius 1 is 1.23 bits per heavy atom. The average Bonchev–Trinajstić information content (AvgIpc) is 2.88. The number of nitrogens with one attached hydrogen (secondary N) is 2. The Morgan fingerprint density at radius 2 is 1.91 bits per heavy atom. The first-order valence-electron chi connectivity index (χ1n) is 7.53. The van der Waals surface area contributed by atoms with Gasteiger partial charge in [0.05, 0.1) is 22.7 Å². The molecule has 0 aromatic heterocycles. The van der Waals surface area contributed by atoms with Gasteiger partial charge < -0.3 is 15.7 Å².